The van der Waals surface area contributed by atoms with E-state index in [2.05, 4.69) is 26.0 Å². The number of carbonyl (C=O) groups is 1. The van der Waals surface area contributed by atoms with Gasteiger partial charge in [0.1, 0.15) is 5.82 Å². The molecule has 0 radical (unpaired) electrons. The van der Waals surface area contributed by atoms with Crippen LogP contribution in [0.15, 0.2) is 57.9 Å². The number of carbonyl (C=O) groups excluding carboxylic acids is 1. The molecule has 0 unspecified atom stereocenters. The second-order valence-corrected chi connectivity index (χ2v) is 8.54. The third-order valence-electron chi connectivity index (χ3n) is 3.71. The summed E-state index contributed by atoms with van der Waals surface area (Å²) in [6.45, 7) is 0. The summed E-state index contributed by atoms with van der Waals surface area (Å²) in [6, 6.07) is 10.6. The van der Waals surface area contributed by atoms with Gasteiger partial charge < -0.3 is 5.32 Å². The van der Waals surface area contributed by atoms with Crippen LogP contribution in [0, 0.1) is 5.82 Å². The van der Waals surface area contributed by atoms with Crippen molar-refractivity contribution in [3.05, 3.63) is 64.4 Å². The molecule has 0 aliphatic heterocycles. The van der Waals surface area contributed by atoms with Crippen LogP contribution in [0.3, 0.4) is 0 Å². The molecule has 136 valence electrons. The standard InChI is InChI=1S/C18H16BrFN2O3S/c19-13-4-9-17(16(20)11-13)21-18(23)10-3-12-1-7-15(8-2-12)26(24,25)22-14-5-6-14/h1-4,7-11,14,22H,5-6H2,(H,21,23). The fourth-order valence-electron chi connectivity index (χ4n) is 2.18. The lowest BCUT2D eigenvalue weighted by molar-refractivity contribution is -0.111. The predicted molar refractivity (Wildman–Crippen MR) is 102 cm³/mol. The van der Waals surface area contributed by atoms with Gasteiger partial charge in [-0.3, -0.25) is 4.79 Å². The first-order chi connectivity index (χ1) is 12.3. The lowest BCUT2D eigenvalue weighted by Gasteiger charge is -2.05. The van der Waals surface area contributed by atoms with Gasteiger partial charge in [-0.2, -0.15) is 0 Å². The quantitative estimate of drug-likeness (QED) is 0.675. The Morgan fingerprint density at radius 3 is 2.46 bits per heavy atom. The third kappa shape index (κ3) is 5.00. The van der Waals surface area contributed by atoms with Crippen molar-refractivity contribution < 1.29 is 17.6 Å². The topological polar surface area (TPSA) is 75.3 Å². The van der Waals surface area contributed by atoms with E-state index in [1.54, 1.807) is 18.2 Å². The van der Waals surface area contributed by atoms with E-state index in [4.69, 9.17) is 0 Å². The molecule has 1 amide bonds. The molecule has 1 aliphatic rings. The van der Waals surface area contributed by atoms with E-state index in [1.807, 2.05) is 0 Å². The Hall–Kier alpha value is -2.03. The fraction of sp³-hybridized carbons (Fsp3) is 0.167. The minimum atomic E-state index is -3.49. The van der Waals surface area contributed by atoms with Crippen LogP contribution in [0.2, 0.25) is 0 Å². The highest BCUT2D eigenvalue weighted by Crippen LogP contribution is 2.22. The molecule has 0 atom stereocenters. The Bertz CT molecular complexity index is 955. The Kier molecular flexibility index (Phi) is 5.55. The van der Waals surface area contributed by atoms with Crippen LogP contribution in [-0.2, 0) is 14.8 Å². The van der Waals surface area contributed by atoms with Gasteiger partial charge in [0, 0.05) is 16.6 Å². The maximum atomic E-state index is 13.7. The smallest absolute Gasteiger partial charge is 0.248 e. The number of hydrogen-bond acceptors (Lipinski definition) is 3. The van der Waals surface area contributed by atoms with Gasteiger partial charge in [0.05, 0.1) is 10.6 Å². The lowest BCUT2D eigenvalue weighted by Crippen LogP contribution is -2.25. The summed E-state index contributed by atoms with van der Waals surface area (Å²) < 4.78 is 41.0. The van der Waals surface area contributed by atoms with Crippen molar-refractivity contribution >= 4 is 43.6 Å². The van der Waals surface area contributed by atoms with Gasteiger partial charge in [-0.1, -0.05) is 28.1 Å². The molecule has 8 heteroatoms. The van der Waals surface area contributed by atoms with E-state index >= 15 is 0 Å². The molecule has 3 rings (SSSR count). The molecule has 1 aliphatic carbocycles. The van der Waals surface area contributed by atoms with Crippen molar-refractivity contribution in [3.8, 4) is 0 Å². The van der Waals surface area contributed by atoms with Gasteiger partial charge in [-0.25, -0.2) is 17.5 Å². The minimum Gasteiger partial charge on any atom is -0.320 e. The minimum absolute atomic E-state index is 0.0438. The number of halogens is 2. The van der Waals surface area contributed by atoms with Crippen molar-refractivity contribution in [1.29, 1.82) is 0 Å². The molecular weight excluding hydrogens is 423 g/mol. The molecule has 2 N–H and O–H groups in total. The van der Waals surface area contributed by atoms with Crippen LogP contribution in [0.25, 0.3) is 6.08 Å². The Labute approximate surface area is 159 Å². The molecule has 2 aromatic rings. The molecular formula is C18H16BrFN2O3S. The van der Waals surface area contributed by atoms with E-state index in [9.17, 15) is 17.6 Å². The molecule has 0 heterocycles. The monoisotopic (exact) mass is 438 g/mol. The molecule has 0 spiro atoms. The van der Waals surface area contributed by atoms with E-state index in [0.29, 0.717) is 10.0 Å². The summed E-state index contributed by atoms with van der Waals surface area (Å²) in [5, 5.41) is 2.44. The van der Waals surface area contributed by atoms with Crippen LogP contribution >= 0.6 is 15.9 Å². The van der Waals surface area contributed by atoms with Gasteiger partial charge in [-0.05, 0) is 54.8 Å². The van der Waals surface area contributed by atoms with Crippen molar-refractivity contribution in [2.75, 3.05) is 5.32 Å². The van der Waals surface area contributed by atoms with Gasteiger partial charge in [0.2, 0.25) is 15.9 Å². The molecule has 0 bridgehead atoms. The van der Waals surface area contributed by atoms with Crippen LogP contribution < -0.4 is 10.0 Å². The number of nitrogens with one attached hydrogen (secondary N) is 2. The fourth-order valence-corrected chi connectivity index (χ4v) is 3.82. The van der Waals surface area contributed by atoms with E-state index in [0.717, 1.165) is 12.8 Å². The summed E-state index contributed by atoms with van der Waals surface area (Å²) in [5.74, 6) is -1.03. The summed E-state index contributed by atoms with van der Waals surface area (Å²) in [5.41, 5.74) is 0.734. The van der Waals surface area contributed by atoms with Crippen LogP contribution in [-0.4, -0.2) is 20.4 Å². The zero-order valence-electron chi connectivity index (χ0n) is 13.6. The zero-order valence-corrected chi connectivity index (χ0v) is 16.0. The molecule has 0 saturated heterocycles. The van der Waals surface area contributed by atoms with Crippen LogP contribution in [0.1, 0.15) is 18.4 Å². The average Bonchev–Trinajstić information content (AvgIpc) is 3.39. The molecule has 5 nitrogen and oxygen atoms in total. The van der Waals surface area contributed by atoms with Gasteiger partial charge >= 0.3 is 0 Å². The normalized spacial score (nSPS) is 14.5. The first-order valence-corrected chi connectivity index (χ1v) is 10.2. The summed E-state index contributed by atoms with van der Waals surface area (Å²) >= 11 is 3.15. The Morgan fingerprint density at radius 2 is 1.85 bits per heavy atom. The number of benzene rings is 2. The van der Waals surface area contributed by atoms with Gasteiger partial charge in [-0.15, -0.1) is 0 Å². The highest BCUT2D eigenvalue weighted by atomic mass is 79.9. The molecule has 26 heavy (non-hydrogen) atoms. The van der Waals surface area contributed by atoms with E-state index in [-0.39, 0.29) is 16.6 Å². The van der Waals surface area contributed by atoms with Crippen LogP contribution in [0.5, 0.6) is 0 Å². The highest BCUT2D eigenvalue weighted by Gasteiger charge is 2.27. The molecule has 1 saturated carbocycles. The number of rotatable bonds is 6. The number of amides is 1. The van der Waals surface area contributed by atoms with Crippen LogP contribution in [0.4, 0.5) is 10.1 Å². The largest absolute Gasteiger partial charge is 0.320 e. The van der Waals surface area contributed by atoms with Crippen molar-refractivity contribution in [2.45, 2.75) is 23.8 Å². The summed E-state index contributed by atoms with van der Waals surface area (Å²) in [4.78, 5) is 12.1. The number of hydrogen-bond donors (Lipinski definition) is 2. The van der Waals surface area contributed by atoms with Crippen molar-refractivity contribution in [1.82, 2.24) is 4.72 Å². The maximum Gasteiger partial charge on any atom is 0.248 e. The average molecular weight is 439 g/mol. The Balaban J connectivity index is 1.63. The number of anilines is 1. The second kappa shape index (κ2) is 7.69. The van der Waals surface area contributed by atoms with Crippen molar-refractivity contribution in [2.24, 2.45) is 0 Å². The first-order valence-electron chi connectivity index (χ1n) is 7.90. The SMILES string of the molecule is O=C(C=Cc1ccc(S(=O)(=O)NC2CC2)cc1)Nc1ccc(Br)cc1F. The van der Waals surface area contributed by atoms with Gasteiger partial charge in [0.25, 0.3) is 0 Å². The lowest BCUT2D eigenvalue weighted by atomic mass is 10.2. The summed E-state index contributed by atoms with van der Waals surface area (Å²) in [7, 11) is -3.49. The molecule has 1 fully saturated rings. The maximum absolute atomic E-state index is 13.7. The Morgan fingerprint density at radius 1 is 1.15 bits per heavy atom. The van der Waals surface area contributed by atoms with E-state index in [1.165, 1.54) is 36.4 Å². The predicted octanol–water partition coefficient (Wildman–Crippen LogP) is 3.68. The van der Waals surface area contributed by atoms with Gasteiger partial charge in [0.15, 0.2) is 0 Å². The van der Waals surface area contributed by atoms with E-state index < -0.39 is 21.7 Å². The molecule has 2 aromatic carbocycles. The highest BCUT2D eigenvalue weighted by molar-refractivity contribution is 9.10. The van der Waals surface area contributed by atoms with Crippen molar-refractivity contribution in [3.63, 3.8) is 0 Å². The third-order valence-corrected chi connectivity index (χ3v) is 5.74. The molecule has 0 aromatic heterocycles. The number of sulfonamides is 1. The summed E-state index contributed by atoms with van der Waals surface area (Å²) in [6.07, 6.45) is 4.52. The first kappa shape index (κ1) is 18.8. The second-order valence-electron chi connectivity index (χ2n) is 5.91. The zero-order chi connectivity index (χ0) is 18.7.